The van der Waals surface area contributed by atoms with Crippen molar-refractivity contribution >= 4 is 11.9 Å². The van der Waals surface area contributed by atoms with Crippen LogP contribution in [0.2, 0.25) is 0 Å². The zero-order valence-corrected chi connectivity index (χ0v) is 13.9. The van der Waals surface area contributed by atoms with Gasteiger partial charge in [0.05, 0.1) is 6.61 Å². The number of nitrogens with one attached hydrogen (secondary N) is 1. The number of ether oxygens (including phenoxy) is 2. The second kappa shape index (κ2) is 9.98. The van der Waals surface area contributed by atoms with E-state index in [1.807, 2.05) is 12.1 Å². The van der Waals surface area contributed by atoms with Crippen LogP contribution in [0.3, 0.4) is 0 Å². The van der Waals surface area contributed by atoms with Gasteiger partial charge >= 0.3 is 6.16 Å². The van der Waals surface area contributed by atoms with Gasteiger partial charge in [0, 0.05) is 11.3 Å². The van der Waals surface area contributed by atoms with Crippen molar-refractivity contribution in [1.82, 2.24) is 0 Å². The zero-order valence-electron chi connectivity index (χ0n) is 13.9. The van der Waals surface area contributed by atoms with Crippen molar-refractivity contribution < 1.29 is 14.3 Å². The molecule has 0 bridgehead atoms. The Hall–Kier alpha value is -1.84. The van der Waals surface area contributed by atoms with Gasteiger partial charge in [-0.1, -0.05) is 45.7 Å². The van der Waals surface area contributed by atoms with E-state index in [-0.39, 0.29) is 0 Å². The van der Waals surface area contributed by atoms with Crippen molar-refractivity contribution in [1.29, 1.82) is 5.41 Å². The number of rotatable bonds is 9. The first-order chi connectivity index (χ1) is 10.5. The van der Waals surface area contributed by atoms with E-state index in [1.54, 1.807) is 12.1 Å². The molecule has 0 saturated heterocycles. The highest BCUT2D eigenvalue weighted by molar-refractivity contribution is 6.01. The van der Waals surface area contributed by atoms with Gasteiger partial charge in [0.15, 0.2) is 0 Å². The fourth-order valence-electron chi connectivity index (χ4n) is 1.99. The molecule has 0 aliphatic rings. The average molecular weight is 305 g/mol. The maximum Gasteiger partial charge on any atom is 0.513 e. The molecule has 1 aromatic carbocycles. The Morgan fingerprint density at radius 2 is 1.95 bits per heavy atom. The van der Waals surface area contributed by atoms with E-state index in [0.717, 1.165) is 25.7 Å². The molecule has 0 unspecified atom stereocenters. The van der Waals surface area contributed by atoms with Crippen LogP contribution in [0.15, 0.2) is 24.3 Å². The highest BCUT2D eigenvalue weighted by atomic mass is 16.7. The molecular formula is C18H27NO3. The fraction of sp³-hybridized carbons (Fsp3) is 0.556. The number of carbonyl (C=O) groups is 1. The van der Waals surface area contributed by atoms with Gasteiger partial charge in [-0.25, -0.2) is 4.79 Å². The summed E-state index contributed by atoms with van der Waals surface area (Å²) in [5.74, 6) is 0.880. The van der Waals surface area contributed by atoms with Gasteiger partial charge in [-0.3, -0.25) is 0 Å². The molecule has 1 rings (SSSR count). The van der Waals surface area contributed by atoms with Crippen LogP contribution in [0.5, 0.6) is 5.75 Å². The molecule has 1 aromatic rings. The van der Waals surface area contributed by atoms with Crippen molar-refractivity contribution in [3.63, 3.8) is 0 Å². The molecular weight excluding hydrogens is 278 g/mol. The van der Waals surface area contributed by atoms with Crippen molar-refractivity contribution in [2.45, 2.75) is 52.9 Å². The third-order valence-electron chi connectivity index (χ3n) is 3.35. The highest BCUT2D eigenvalue weighted by Crippen LogP contribution is 2.21. The van der Waals surface area contributed by atoms with Crippen LogP contribution in [0.4, 0.5) is 4.79 Å². The van der Waals surface area contributed by atoms with Crippen molar-refractivity contribution in [3.05, 3.63) is 29.8 Å². The lowest BCUT2D eigenvalue weighted by molar-refractivity contribution is 0.0948. The van der Waals surface area contributed by atoms with Gasteiger partial charge < -0.3 is 14.9 Å². The zero-order chi connectivity index (χ0) is 16.4. The Labute approximate surface area is 133 Å². The minimum atomic E-state index is -0.700. The van der Waals surface area contributed by atoms with Gasteiger partial charge in [-0.2, -0.15) is 0 Å². The quantitative estimate of drug-likeness (QED) is 0.295. The number of hydrogen-bond acceptors (Lipinski definition) is 4. The standard InChI is InChI=1S/C18H27NO3/c1-4-5-6-10-16(19)15-9-7-8-11-17(15)22-18(20)21-13-12-14(2)3/h7-9,11,14,19H,4-6,10,12-13H2,1-3H3. The molecule has 0 saturated carbocycles. The van der Waals surface area contributed by atoms with Crippen molar-refractivity contribution in [2.24, 2.45) is 5.92 Å². The average Bonchev–Trinajstić information content (AvgIpc) is 2.47. The molecule has 22 heavy (non-hydrogen) atoms. The second-order valence-electron chi connectivity index (χ2n) is 5.81. The molecule has 0 aliphatic carbocycles. The molecule has 122 valence electrons. The topological polar surface area (TPSA) is 59.4 Å². The van der Waals surface area contributed by atoms with Crippen LogP contribution in [0.25, 0.3) is 0 Å². The predicted octanol–water partition coefficient (Wildman–Crippen LogP) is 5.20. The number of unbranched alkanes of at least 4 members (excludes halogenated alkanes) is 2. The van der Waals surface area contributed by atoms with Crippen molar-refractivity contribution in [3.8, 4) is 5.75 Å². The van der Waals surface area contributed by atoms with E-state index in [0.29, 0.717) is 36.0 Å². The predicted molar refractivity (Wildman–Crippen MR) is 88.8 cm³/mol. The Kier molecular flexibility index (Phi) is 8.26. The van der Waals surface area contributed by atoms with Crippen LogP contribution in [-0.2, 0) is 4.74 Å². The maximum absolute atomic E-state index is 11.7. The Bertz CT molecular complexity index is 483. The van der Waals surface area contributed by atoms with Gasteiger partial charge in [-0.15, -0.1) is 0 Å². The molecule has 1 N–H and O–H groups in total. The molecule has 0 aromatic heterocycles. The summed E-state index contributed by atoms with van der Waals surface area (Å²) >= 11 is 0. The summed E-state index contributed by atoms with van der Waals surface area (Å²) in [6.07, 6.45) is 3.99. The molecule has 0 fully saturated rings. The number of carbonyl (C=O) groups excluding carboxylic acids is 1. The third-order valence-corrected chi connectivity index (χ3v) is 3.35. The van der Waals surface area contributed by atoms with E-state index in [4.69, 9.17) is 14.9 Å². The minimum absolute atomic E-state index is 0.354. The molecule has 4 heteroatoms. The summed E-state index contributed by atoms with van der Waals surface area (Å²) in [5.41, 5.74) is 1.17. The Morgan fingerprint density at radius 1 is 1.23 bits per heavy atom. The number of para-hydroxylation sites is 1. The van der Waals surface area contributed by atoms with Crippen LogP contribution < -0.4 is 4.74 Å². The third kappa shape index (κ3) is 6.74. The summed E-state index contributed by atoms with van der Waals surface area (Å²) < 4.78 is 10.3. The molecule has 0 heterocycles. The van der Waals surface area contributed by atoms with Crippen LogP contribution in [-0.4, -0.2) is 18.5 Å². The fourth-order valence-corrected chi connectivity index (χ4v) is 1.99. The van der Waals surface area contributed by atoms with Crippen LogP contribution >= 0.6 is 0 Å². The molecule has 0 spiro atoms. The lowest BCUT2D eigenvalue weighted by Gasteiger charge is -2.11. The van der Waals surface area contributed by atoms with Crippen molar-refractivity contribution in [2.75, 3.05) is 6.61 Å². The molecule has 0 atom stereocenters. The summed E-state index contributed by atoms with van der Waals surface area (Å²) in [4.78, 5) is 11.7. The highest BCUT2D eigenvalue weighted by Gasteiger charge is 2.13. The molecule has 0 aliphatic heterocycles. The number of benzene rings is 1. The lowest BCUT2D eigenvalue weighted by atomic mass is 10.0. The van der Waals surface area contributed by atoms with Gasteiger partial charge in [-0.05, 0) is 37.3 Å². The number of hydrogen-bond donors (Lipinski definition) is 1. The van der Waals surface area contributed by atoms with Gasteiger partial charge in [0.25, 0.3) is 0 Å². The molecule has 0 amide bonds. The second-order valence-corrected chi connectivity index (χ2v) is 5.81. The molecule has 0 radical (unpaired) electrons. The summed E-state index contributed by atoms with van der Waals surface area (Å²) in [6, 6.07) is 7.15. The van der Waals surface area contributed by atoms with E-state index in [2.05, 4.69) is 20.8 Å². The van der Waals surface area contributed by atoms with E-state index in [1.165, 1.54) is 0 Å². The normalized spacial score (nSPS) is 10.5. The van der Waals surface area contributed by atoms with Gasteiger partial charge in [0.2, 0.25) is 0 Å². The van der Waals surface area contributed by atoms with Crippen LogP contribution in [0, 0.1) is 11.3 Å². The largest absolute Gasteiger partial charge is 0.513 e. The van der Waals surface area contributed by atoms with Crippen LogP contribution in [0.1, 0.15) is 58.4 Å². The summed E-state index contributed by atoms with van der Waals surface area (Å²) in [5, 5.41) is 8.16. The summed E-state index contributed by atoms with van der Waals surface area (Å²) in [6.45, 7) is 6.63. The molecule has 4 nitrogen and oxygen atoms in total. The van der Waals surface area contributed by atoms with Gasteiger partial charge in [0.1, 0.15) is 5.75 Å². The summed E-state index contributed by atoms with van der Waals surface area (Å²) in [7, 11) is 0. The SMILES string of the molecule is CCCCCC(=N)c1ccccc1OC(=O)OCCC(C)C. The smallest absolute Gasteiger partial charge is 0.434 e. The Morgan fingerprint density at radius 3 is 2.64 bits per heavy atom. The Balaban J connectivity index is 2.59. The first-order valence-electron chi connectivity index (χ1n) is 8.06. The maximum atomic E-state index is 11.7. The lowest BCUT2D eigenvalue weighted by Crippen LogP contribution is -2.14. The first-order valence-corrected chi connectivity index (χ1v) is 8.06. The minimum Gasteiger partial charge on any atom is -0.434 e. The van der Waals surface area contributed by atoms with E-state index >= 15 is 0 Å². The monoisotopic (exact) mass is 305 g/mol. The van der Waals surface area contributed by atoms with E-state index in [9.17, 15) is 4.79 Å². The van der Waals surface area contributed by atoms with E-state index < -0.39 is 6.16 Å². The first kappa shape index (κ1) is 18.2.